The van der Waals surface area contributed by atoms with Gasteiger partial charge in [0.15, 0.2) is 17.5 Å². The fourth-order valence-electron chi connectivity index (χ4n) is 1.49. The molecule has 16 heavy (non-hydrogen) atoms. The second kappa shape index (κ2) is 5.57. The number of nitrogens with one attached hydrogen (secondary N) is 1. The second-order valence-electron chi connectivity index (χ2n) is 3.35. The first-order valence-electron chi connectivity index (χ1n) is 4.86. The Morgan fingerprint density at radius 3 is 2.56 bits per heavy atom. The third kappa shape index (κ3) is 2.56. The minimum absolute atomic E-state index is 0.0941. The number of hydrogen-bond donors (Lipinski definition) is 1. The summed E-state index contributed by atoms with van der Waals surface area (Å²) in [5.74, 6) is -1.37. The molecule has 0 saturated heterocycles. The minimum atomic E-state index is -1.45. The first-order valence-corrected chi connectivity index (χ1v) is 4.86. The Balaban J connectivity index is 3.02. The van der Waals surface area contributed by atoms with Crippen LogP contribution in [0.1, 0.15) is 24.4 Å². The van der Waals surface area contributed by atoms with Gasteiger partial charge in [0.25, 0.3) is 0 Å². The van der Waals surface area contributed by atoms with Gasteiger partial charge in [-0.1, -0.05) is 6.07 Å². The lowest BCUT2D eigenvalue weighted by Gasteiger charge is -2.16. The van der Waals surface area contributed by atoms with Crippen LogP contribution in [0.3, 0.4) is 0 Å². The zero-order valence-electron chi connectivity index (χ0n) is 8.86. The molecule has 0 bridgehead atoms. The first-order chi connectivity index (χ1) is 7.61. The molecule has 1 atom stereocenters. The summed E-state index contributed by atoms with van der Waals surface area (Å²) < 4.78 is 39.1. The molecule has 1 rings (SSSR count). The minimum Gasteiger partial charge on any atom is -0.313 e. The fraction of sp³-hybridized carbons (Fsp3) is 0.333. The Morgan fingerprint density at radius 1 is 1.31 bits per heavy atom. The van der Waals surface area contributed by atoms with E-state index in [0.29, 0.717) is 12.8 Å². The lowest BCUT2D eigenvalue weighted by atomic mass is 10.0. The van der Waals surface area contributed by atoms with Crippen molar-refractivity contribution in [1.29, 1.82) is 0 Å². The van der Waals surface area contributed by atoms with Gasteiger partial charge in [-0.25, -0.2) is 13.2 Å². The van der Waals surface area contributed by atoms with Crippen LogP contribution in [-0.4, -0.2) is 7.05 Å². The summed E-state index contributed by atoms with van der Waals surface area (Å²) in [5.41, 5.74) is 0.0941. The van der Waals surface area contributed by atoms with E-state index in [-0.39, 0.29) is 5.56 Å². The van der Waals surface area contributed by atoms with Crippen LogP contribution in [0.4, 0.5) is 13.2 Å². The standard InChI is InChI=1S/C12H12F3N/c1-3-4-5-10(16-2)8-6-7-9(13)12(15)11(8)14/h1,6-7,10,16H,4-5H2,2H3. The van der Waals surface area contributed by atoms with Gasteiger partial charge in [-0.2, -0.15) is 0 Å². The monoisotopic (exact) mass is 227 g/mol. The van der Waals surface area contributed by atoms with Gasteiger partial charge in [0, 0.05) is 18.0 Å². The van der Waals surface area contributed by atoms with Crippen molar-refractivity contribution in [3.05, 3.63) is 35.1 Å². The van der Waals surface area contributed by atoms with E-state index in [4.69, 9.17) is 6.42 Å². The molecule has 86 valence electrons. The smallest absolute Gasteiger partial charge is 0.194 e. The van der Waals surface area contributed by atoms with Crippen molar-refractivity contribution < 1.29 is 13.2 Å². The van der Waals surface area contributed by atoms with Crippen molar-refractivity contribution in [2.45, 2.75) is 18.9 Å². The molecule has 0 radical (unpaired) electrons. The van der Waals surface area contributed by atoms with Crippen molar-refractivity contribution in [1.82, 2.24) is 5.32 Å². The predicted octanol–water partition coefficient (Wildman–Crippen LogP) is 2.78. The molecular formula is C12H12F3N. The van der Waals surface area contributed by atoms with Crippen molar-refractivity contribution in [2.24, 2.45) is 0 Å². The fourth-order valence-corrected chi connectivity index (χ4v) is 1.49. The Bertz CT molecular complexity index is 409. The third-order valence-corrected chi connectivity index (χ3v) is 2.37. The number of rotatable bonds is 4. The quantitative estimate of drug-likeness (QED) is 0.616. The normalized spacial score (nSPS) is 12.2. The van der Waals surface area contributed by atoms with Crippen molar-refractivity contribution in [2.75, 3.05) is 7.05 Å². The molecule has 1 unspecified atom stereocenters. The Labute approximate surface area is 92.7 Å². The van der Waals surface area contributed by atoms with Crippen LogP contribution in [0, 0.1) is 29.8 Å². The van der Waals surface area contributed by atoms with E-state index in [0.717, 1.165) is 6.07 Å². The van der Waals surface area contributed by atoms with E-state index in [9.17, 15) is 13.2 Å². The van der Waals surface area contributed by atoms with Crippen LogP contribution < -0.4 is 5.32 Å². The summed E-state index contributed by atoms with van der Waals surface area (Å²) >= 11 is 0. The van der Waals surface area contributed by atoms with E-state index in [1.54, 1.807) is 7.05 Å². The van der Waals surface area contributed by atoms with Crippen LogP contribution in [0.15, 0.2) is 12.1 Å². The highest BCUT2D eigenvalue weighted by atomic mass is 19.2. The largest absolute Gasteiger partial charge is 0.313 e. The highest BCUT2D eigenvalue weighted by Crippen LogP contribution is 2.24. The Kier molecular flexibility index (Phi) is 4.39. The highest BCUT2D eigenvalue weighted by molar-refractivity contribution is 5.23. The van der Waals surface area contributed by atoms with Crippen LogP contribution in [-0.2, 0) is 0 Å². The summed E-state index contributed by atoms with van der Waals surface area (Å²) in [4.78, 5) is 0. The molecule has 1 nitrogen and oxygen atoms in total. The molecule has 0 aliphatic heterocycles. The van der Waals surface area contributed by atoms with Crippen LogP contribution in [0.2, 0.25) is 0 Å². The van der Waals surface area contributed by atoms with Crippen LogP contribution in [0.25, 0.3) is 0 Å². The molecule has 0 fully saturated rings. The Hall–Kier alpha value is -1.47. The van der Waals surface area contributed by atoms with E-state index in [1.807, 2.05) is 0 Å². The molecule has 0 amide bonds. The molecule has 0 aliphatic carbocycles. The summed E-state index contributed by atoms with van der Waals surface area (Å²) in [6.07, 6.45) is 6.00. The molecule has 0 aromatic heterocycles. The average molecular weight is 227 g/mol. The van der Waals surface area contributed by atoms with E-state index in [2.05, 4.69) is 11.2 Å². The van der Waals surface area contributed by atoms with Gasteiger partial charge in [-0.3, -0.25) is 0 Å². The Morgan fingerprint density at radius 2 is 2.00 bits per heavy atom. The summed E-state index contributed by atoms with van der Waals surface area (Å²) in [7, 11) is 1.61. The molecule has 1 aromatic carbocycles. The van der Waals surface area contributed by atoms with E-state index < -0.39 is 23.5 Å². The van der Waals surface area contributed by atoms with Gasteiger partial charge in [-0.05, 0) is 19.5 Å². The molecule has 0 aliphatic rings. The van der Waals surface area contributed by atoms with Crippen LogP contribution in [0.5, 0.6) is 0 Å². The van der Waals surface area contributed by atoms with Crippen LogP contribution >= 0.6 is 0 Å². The molecule has 1 N–H and O–H groups in total. The van der Waals surface area contributed by atoms with Gasteiger partial charge in [0.2, 0.25) is 0 Å². The van der Waals surface area contributed by atoms with Gasteiger partial charge in [0.05, 0.1) is 0 Å². The van der Waals surface area contributed by atoms with Gasteiger partial charge >= 0.3 is 0 Å². The zero-order valence-corrected chi connectivity index (χ0v) is 8.86. The lowest BCUT2D eigenvalue weighted by molar-refractivity contribution is 0.425. The molecular weight excluding hydrogens is 215 g/mol. The van der Waals surface area contributed by atoms with E-state index in [1.165, 1.54) is 6.07 Å². The lowest BCUT2D eigenvalue weighted by Crippen LogP contribution is -2.18. The maximum Gasteiger partial charge on any atom is 0.194 e. The first kappa shape index (κ1) is 12.6. The third-order valence-electron chi connectivity index (χ3n) is 2.37. The van der Waals surface area contributed by atoms with Crippen molar-refractivity contribution in [3.8, 4) is 12.3 Å². The average Bonchev–Trinajstić information content (AvgIpc) is 2.29. The second-order valence-corrected chi connectivity index (χ2v) is 3.35. The number of hydrogen-bond acceptors (Lipinski definition) is 1. The van der Waals surface area contributed by atoms with E-state index >= 15 is 0 Å². The van der Waals surface area contributed by atoms with Gasteiger partial charge < -0.3 is 5.32 Å². The summed E-state index contributed by atoms with van der Waals surface area (Å²) in [5, 5.41) is 2.82. The molecule has 0 spiro atoms. The molecule has 4 heteroatoms. The summed E-state index contributed by atoms with van der Waals surface area (Å²) in [6, 6.07) is 1.73. The SMILES string of the molecule is C#CCCC(NC)c1ccc(F)c(F)c1F. The molecule has 1 aromatic rings. The number of halogens is 3. The van der Waals surface area contributed by atoms with Gasteiger partial charge in [-0.15, -0.1) is 12.3 Å². The number of benzene rings is 1. The number of terminal acetylenes is 1. The maximum atomic E-state index is 13.4. The zero-order chi connectivity index (χ0) is 12.1. The topological polar surface area (TPSA) is 12.0 Å². The molecule has 0 heterocycles. The van der Waals surface area contributed by atoms with Crippen molar-refractivity contribution >= 4 is 0 Å². The van der Waals surface area contributed by atoms with Crippen molar-refractivity contribution in [3.63, 3.8) is 0 Å². The molecule has 0 saturated carbocycles. The summed E-state index contributed by atoms with van der Waals surface area (Å²) in [6.45, 7) is 0. The van der Waals surface area contributed by atoms with Gasteiger partial charge in [0.1, 0.15) is 0 Å². The highest BCUT2D eigenvalue weighted by Gasteiger charge is 2.19. The predicted molar refractivity (Wildman–Crippen MR) is 56.2 cm³/mol. The maximum absolute atomic E-state index is 13.4.